The van der Waals surface area contributed by atoms with E-state index >= 15 is 0 Å². The lowest BCUT2D eigenvalue weighted by Gasteiger charge is -2.29. The standard InChI is InChI=1S/C16H25N3O/c1-3-11-17-13-7-9-14(10-8-13)19-16(20)15-6-4-5-12(2)18-15/h4-6,13-14,17H,3,7-11H2,1-2H3,(H,19,20). The second kappa shape index (κ2) is 7.39. The Morgan fingerprint density at radius 2 is 1.95 bits per heavy atom. The van der Waals surface area contributed by atoms with E-state index in [2.05, 4.69) is 22.5 Å². The molecule has 4 nitrogen and oxygen atoms in total. The molecule has 1 aromatic rings. The van der Waals surface area contributed by atoms with Crippen LogP contribution in [0.1, 0.15) is 55.2 Å². The highest BCUT2D eigenvalue weighted by Crippen LogP contribution is 2.19. The first-order valence-corrected chi connectivity index (χ1v) is 7.67. The van der Waals surface area contributed by atoms with Gasteiger partial charge in [0.25, 0.3) is 5.91 Å². The molecular formula is C16H25N3O. The summed E-state index contributed by atoms with van der Waals surface area (Å²) >= 11 is 0. The molecule has 0 aliphatic heterocycles. The molecule has 2 rings (SSSR count). The van der Waals surface area contributed by atoms with E-state index in [9.17, 15) is 4.79 Å². The Balaban J connectivity index is 1.79. The summed E-state index contributed by atoms with van der Waals surface area (Å²) in [7, 11) is 0. The van der Waals surface area contributed by atoms with Crippen LogP contribution in [0.25, 0.3) is 0 Å². The number of nitrogens with one attached hydrogen (secondary N) is 2. The van der Waals surface area contributed by atoms with Gasteiger partial charge in [0.05, 0.1) is 0 Å². The van der Waals surface area contributed by atoms with Gasteiger partial charge in [-0.05, 0) is 57.7 Å². The number of pyridine rings is 1. The van der Waals surface area contributed by atoms with Gasteiger partial charge in [-0.1, -0.05) is 13.0 Å². The Hall–Kier alpha value is -1.42. The van der Waals surface area contributed by atoms with E-state index in [-0.39, 0.29) is 5.91 Å². The summed E-state index contributed by atoms with van der Waals surface area (Å²) in [5.74, 6) is -0.0429. The number of hydrogen-bond acceptors (Lipinski definition) is 3. The first kappa shape index (κ1) is 15.0. The van der Waals surface area contributed by atoms with Crippen molar-refractivity contribution in [3.63, 3.8) is 0 Å². The van der Waals surface area contributed by atoms with Crippen LogP contribution in [0.4, 0.5) is 0 Å². The zero-order valence-electron chi connectivity index (χ0n) is 12.5. The molecule has 1 amide bonds. The second-order valence-electron chi connectivity index (χ2n) is 5.64. The fourth-order valence-corrected chi connectivity index (χ4v) is 2.72. The summed E-state index contributed by atoms with van der Waals surface area (Å²) in [6, 6.07) is 6.48. The lowest BCUT2D eigenvalue weighted by atomic mass is 9.91. The minimum atomic E-state index is -0.0429. The fourth-order valence-electron chi connectivity index (χ4n) is 2.72. The van der Waals surface area contributed by atoms with Gasteiger partial charge < -0.3 is 10.6 Å². The Kier molecular flexibility index (Phi) is 5.53. The third kappa shape index (κ3) is 4.30. The summed E-state index contributed by atoms with van der Waals surface area (Å²) in [4.78, 5) is 16.4. The predicted molar refractivity (Wildman–Crippen MR) is 80.8 cm³/mol. The van der Waals surface area contributed by atoms with Gasteiger partial charge in [-0.25, -0.2) is 4.98 Å². The Labute approximate surface area is 121 Å². The minimum Gasteiger partial charge on any atom is -0.348 e. The normalized spacial score (nSPS) is 22.5. The molecule has 0 saturated heterocycles. The van der Waals surface area contributed by atoms with Crippen LogP contribution in [0.5, 0.6) is 0 Å². The fraction of sp³-hybridized carbons (Fsp3) is 0.625. The molecule has 1 aliphatic carbocycles. The molecule has 1 aliphatic rings. The number of hydrogen-bond donors (Lipinski definition) is 2. The van der Waals surface area contributed by atoms with E-state index in [1.54, 1.807) is 6.07 Å². The number of carbonyl (C=O) groups excluding carboxylic acids is 1. The van der Waals surface area contributed by atoms with E-state index in [1.165, 1.54) is 6.42 Å². The highest BCUT2D eigenvalue weighted by atomic mass is 16.1. The van der Waals surface area contributed by atoms with Crippen LogP contribution >= 0.6 is 0 Å². The lowest BCUT2D eigenvalue weighted by molar-refractivity contribution is 0.0919. The van der Waals surface area contributed by atoms with Crippen molar-refractivity contribution in [2.45, 2.75) is 58.0 Å². The average molecular weight is 275 g/mol. The molecule has 0 spiro atoms. The van der Waals surface area contributed by atoms with E-state index in [1.807, 2.05) is 19.1 Å². The molecule has 110 valence electrons. The maximum atomic E-state index is 12.1. The summed E-state index contributed by atoms with van der Waals surface area (Å²) in [6.45, 7) is 5.18. The monoisotopic (exact) mass is 275 g/mol. The van der Waals surface area contributed by atoms with Crippen molar-refractivity contribution in [3.8, 4) is 0 Å². The molecule has 1 heterocycles. The molecule has 1 fully saturated rings. The zero-order valence-corrected chi connectivity index (χ0v) is 12.5. The van der Waals surface area contributed by atoms with Gasteiger partial charge in [-0.3, -0.25) is 4.79 Å². The van der Waals surface area contributed by atoms with Crippen molar-refractivity contribution >= 4 is 5.91 Å². The number of nitrogens with zero attached hydrogens (tertiary/aromatic N) is 1. The lowest BCUT2D eigenvalue weighted by Crippen LogP contribution is -2.42. The van der Waals surface area contributed by atoms with Crippen molar-refractivity contribution in [2.75, 3.05) is 6.54 Å². The molecule has 20 heavy (non-hydrogen) atoms. The maximum Gasteiger partial charge on any atom is 0.270 e. The first-order valence-electron chi connectivity index (χ1n) is 7.67. The topological polar surface area (TPSA) is 54.0 Å². The molecule has 0 bridgehead atoms. The minimum absolute atomic E-state index is 0.0429. The molecule has 2 N–H and O–H groups in total. The van der Waals surface area contributed by atoms with E-state index < -0.39 is 0 Å². The van der Waals surface area contributed by atoms with Gasteiger partial charge in [-0.15, -0.1) is 0 Å². The zero-order chi connectivity index (χ0) is 14.4. The van der Waals surface area contributed by atoms with Crippen molar-refractivity contribution in [2.24, 2.45) is 0 Å². The van der Waals surface area contributed by atoms with Gasteiger partial charge in [-0.2, -0.15) is 0 Å². The third-order valence-corrected chi connectivity index (χ3v) is 3.87. The summed E-state index contributed by atoms with van der Waals surface area (Å²) in [6.07, 6.45) is 5.58. The maximum absolute atomic E-state index is 12.1. The number of carbonyl (C=O) groups is 1. The molecular weight excluding hydrogens is 250 g/mol. The molecule has 4 heteroatoms. The SMILES string of the molecule is CCCNC1CCC(NC(=O)c2cccc(C)n2)CC1. The number of rotatable bonds is 5. The highest BCUT2D eigenvalue weighted by molar-refractivity contribution is 5.92. The van der Waals surface area contributed by atoms with Crippen molar-refractivity contribution in [3.05, 3.63) is 29.6 Å². The van der Waals surface area contributed by atoms with Gasteiger partial charge in [0.15, 0.2) is 0 Å². The summed E-state index contributed by atoms with van der Waals surface area (Å²) in [5, 5.41) is 6.67. The van der Waals surface area contributed by atoms with Crippen molar-refractivity contribution in [1.82, 2.24) is 15.6 Å². The van der Waals surface area contributed by atoms with Crippen LogP contribution < -0.4 is 10.6 Å². The number of aromatic nitrogens is 1. The predicted octanol–water partition coefficient (Wildman–Crippen LogP) is 2.43. The molecule has 0 aromatic carbocycles. The Morgan fingerprint density at radius 1 is 1.25 bits per heavy atom. The van der Waals surface area contributed by atoms with Crippen molar-refractivity contribution < 1.29 is 4.79 Å². The Bertz CT molecular complexity index is 439. The average Bonchev–Trinajstić information content (AvgIpc) is 2.46. The molecule has 0 unspecified atom stereocenters. The summed E-state index contributed by atoms with van der Waals surface area (Å²) < 4.78 is 0. The molecule has 0 radical (unpaired) electrons. The molecule has 1 saturated carbocycles. The summed E-state index contributed by atoms with van der Waals surface area (Å²) in [5.41, 5.74) is 1.40. The first-order chi connectivity index (χ1) is 9.69. The van der Waals surface area contributed by atoms with Crippen LogP contribution in [0.3, 0.4) is 0 Å². The van der Waals surface area contributed by atoms with Gasteiger partial charge in [0, 0.05) is 17.8 Å². The van der Waals surface area contributed by atoms with E-state index in [4.69, 9.17) is 0 Å². The van der Waals surface area contributed by atoms with E-state index in [0.29, 0.717) is 17.8 Å². The van der Waals surface area contributed by atoms with Crippen molar-refractivity contribution in [1.29, 1.82) is 0 Å². The number of aryl methyl sites for hydroxylation is 1. The third-order valence-electron chi connectivity index (χ3n) is 3.87. The van der Waals surface area contributed by atoms with Crippen LogP contribution in [0.2, 0.25) is 0 Å². The van der Waals surface area contributed by atoms with Gasteiger partial charge in [0.1, 0.15) is 5.69 Å². The van der Waals surface area contributed by atoms with Crippen LogP contribution in [-0.2, 0) is 0 Å². The second-order valence-corrected chi connectivity index (χ2v) is 5.64. The number of amides is 1. The van der Waals surface area contributed by atoms with Gasteiger partial charge in [0.2, 0.25) is 0 Å². The Morgan fingerprint density at radius 3 is 2.60 bits per heavy atom. The molecule has 0 atom stereocenters. The van der Waals surface area contributed by atoms with Crippen LogP contribution in [0.15, 0.2) is 18.2 Å². The molecule has 1 aromatic heterocycles. The smallest absolute Gasteiger partial charge is 0.270 e. The van der Waals surface area contributed by atoms with Crippen LogP contribution in [-0.4, -0.2) is 29.5 Å². The quantitative estimate of drug-likeness (QED) is 0.868. The van der Waals surface area contributed by atoms with Crippen LogP contribution in [0, 0.1) is 6.92 Å². The van der Waals surface area contributed by atoms with E-state index in [0.717, 1.165) is 37.9 Å². The largest absolute Gasteiger partial charge is 0.348 e. The van der Waals surface area contributed by atoms with Gasteiger partial charge >= 0.3 is 0 Å². The highest BCUT2D eigenvalue weighted by Gasteiger charge is 2.22.